The second kappa shape index (κ2) is 7.48. The van der Waals surface area contributed by atoms with E-state index in [9.17, 15) is 9.59 Å². The molecule has 0 aliphatic carbocycles. The van der Waals surface area contributed by atoms with Gasteiger partial charge in [0.25, 0.3) is 5.91 Å². The van der Waals surface area contributed by atoms with E-state index in [0.717, 1.165) is 12.8 Å². The predicted molar refractivity (Wildman–Crippen MR) is 75.5 cm³/mol. The molecule has 0 spiro atoms. The van der Waals surface area contributed by atoms with E-state index < -0.39 is 5.97 Å². The van der Waals surface area contributed by atoms with Crippen LogP contribution < -0.4 is 5.32 Å². The van der Waals surface area contributed by atoms with E-state index in [1.807, 2.05) is 0 Å². The summed E-state index contributed by atoms with van der Waals surface area (Å²) in [5.41, 5.74) is 0.647. The molecule has 2 heterocycles. The van der Waals surface area contributed by atoms with Crippen LogP contribution in [0, 0.1) is 0 Å². The van der Waals surface area contributed by atoms with Gasteiger partial charge in [-0.3, -0.25) is 9.59 Å². The number of unbranched alkanes of at least 4 members (excludes halogenated alkanes) is 2. The van der Waals surface area contributed by atoms with E-state index in [4.69, 9.17) is 5.11 Å². The molecule has 2 aromatic heterocycles. The highest BCUT2D eigenvalue weighted by molar-refractivity contribution is 7.12. The van der Waals surface area contributed by atoms with Gasteiger partial charge in [-0.2, -0.15) is 4.68 Å². The maximum absolute atomic E-state index is 12.1. The summed E-state index contributed by atoms with van der Waals surface area (Å²) in [5, 5.41) is 24.0. The lowest BCUT2D eigenvalue weighted by Crippen LogP contribution is -2.24. The number of nitrogens with one attached hydrogen (secondary N) is 1. The van der Waals surface area contributed by atoms with Crippen molar-refractivity contribution in [2.45, 2.75) is 25.7 Å². The first kappa shape index (κ1) is 15.1. The summed E-state index contributed by atoms with van der Waals surface area (Å²) in [6.07, 6.45) is 3.76. The molecule has 0 aliphatic heterocycles. The van der Waals surface area contributed by atoms with Gasteiger partial charge in [0.15, 0.2) is 0 Å². The standard InChI is InChI=1S/C12H15N5O3S/c18-10(19)4-2-1-3-6-13-12(20)11-9(5-7-21-11)17-8-14-15-16-17/h5,7-8H,1-4,6H2,(H,13,20)(H,18,19). The zero-order valence-electron chi connectivity index (χ0n) is 11.2. The molecule has 0 aliphatic rings. The molecule has 9 heteroatoms. The minimum atomic E-state index is -0.788. The number of carboxylic acid groups (broad SMARTS) is 1. The van der Waals surface area contributed by atoms with Crippen LogP contribution in [-0.2, 0) is 4.79 Å². The van der Waals surface area contributed by atoms with E-state index in [-0.39, 0.29) is 12.3 Å². The van der Waals surface area contributed by atoms with Gasteiger partial charge < -0.3 is 10.4 Å². The fourth-order valence-corrected chi connectivity index (χ4v) is 2.58. The van der Waals surface area contributed by atoms with Crippen molar-refractivity contribution < 1.29 is 14.7 Å². The van der Waals surface area contributed by atoms with Gasteiger partial charge >= 0.3 is 5.97 Å². The maximum Gasteiger partial charge on any atom is 0.303 e. The van der Waals surface area contributed by atoms with Crippen LogP contribution in [0.5, 0.6) is 0 Å². The third-order valence-corrected chi connectivity index (χ3v) is 3.70. The fourth-order valence-electron chi connectivity index (χ4n) is 1.78. The van der Waals surface area contributed by atoms with Crippen LogP contribution in [0.1, 0.15) is 35.4 Å². The van der Waals surface area contributed by atoms with E-state index in [1.54, 1.807) is 11.4 Å². The Bertz CT molecular complexity index is 596. The number of aromatic nitrogens is 4. The van der Waals surface area contributed by atoms with Crippen LogP contribution in [0.15, 0.2) is 17.8 Å². The van der Waals surface area contributed by atoms with Crippen molar-refractivity contribution in [1.82, 2.24) is 25.5 Å². The van der Waals surface area contributed by atoms with Crippen molar-refractivity contribution in [2.75, 3.05) is 6.54 Å². The number of carbonyl (C=O) groups excluding carboxylic acids is 1. The molecule has 112 valence electrons. The summed E-state index contributed by atoms with van der Waals surface area (Å²) in [6, 6.07) is 1.78. The van der Waals surface area contributed by atoms with Crippen LogP contribution in [0.3, 0.4) is 0 Å². The lowest BCUT2D eigenvalue weighted by Gasteiger charge is -2.05. The Balaban J connectivity index is 1.79. The number of thiophene rings is 1. The summed E-state index contributed by atoms with van der Waals surface area (Å²) in [6.45, 7) is 0.519. The molecule has 21 heavy (non-hydrogen) atoms. The van der Waals surface area contributed by atoms with Crippen molar-refractivity contribution in [3.05, 3.63) is 22.7 Å². The second-order valence-electron chi connectivity index (χ2n) is 4.35. The average Bonchev–Trinajstić information content (AvgIpc) is 3.10. The van der Waals surface area contributed by atoms with Crippen LogP contribution in [0.25, 0.3) is 5.69 Å². The van der Waals surface area contributed by atoms with Gasteiger partial charge in [0.05, 0.1) is 5.69 Å². The Morgan fingerprint density at radius 3 is 2.90 bits per heavy atom. The average molecular weight is 309 g/mol. The molecule has 0 unspecified atom stereocenters. The minimum Gasteiger partial charge on any atom is -0.481 e. The quantitative estimate of drug-likeness (QED) is 0.706. The van der Waals surface area contributed by atoms with Crippen molar-refractivity contribution >= 4 is 23.2 Å². The van der Waals surface area contributed by atoms with Crippen molar-refractivity contribution in [1.29, 1.82) is 0 Å². The molecule has 0 fully saturated rings. The zero-order chi connectivity index (χ0) is 15.1. The Kier molecular flexibility index (Phi) is 5.38. The summed E-state index contributed by atoms with van der Waals surface area (Å²) in [7, 11) is 0. The summed E-state index contributed by atoms with van der Waals surface area (Å²) in [5.74, 6) is -0.961. The van der Waals surface area contributed by atoms with Crippen molar-refractivity contribution in [3.8, 4) is 5.69 Å². The first-order chi connectivity index (χ1) is 10.2. The number of rotatable bonds is 8. The van der Waals surface area contributed by atoms with Gasteiger partial charge in [-0.25, -0.2) is 0 Å². The molecular weight excluding hydrogens is 294 g/mol. The van der Waals surface area contributed by atoms with Gasteiger partial charge in [0.1, 0.15) is 11.2 Å². The number of carbonyl (C=O) groups is 2. The number of carboxylic acids is 1. The van der Waals surface area contributed by atoms with E-state index in [2.05, 4.69) is 20.8 Å². The van der Waals surface area contributed by atoms with E-state index >= 15 is 0 Å². The van der Waals surface area contributed by atoms with E-state index in [1.165, 1.54) is 22.3 Å². The van der Waals surface area contributed by atoms with Gasteiger partial charge in [-0.1, -0.05) is 6.42 Å². The Hall–Kier alpha value is -2.29. The molecule has 0 aromatic carbocycles. The normalized spacial score (nSPS) is 10.5. The highest BCUT2D eigenvalue weighted by atomic mass is 32.1. The Labute approximate surface area is 124 Å². The van der Waals surface area contributed by atoms with Gasteiger partial charge in [0.2, 0.25) is 0 Å². The number of hydrogen-bond acceptors (Lipinski definition) is 6. The molecule has 0 saturated carbocycles. The van der Waals surface area contributed by atoms with Crippen LogP contribution >= 0.6 is 11.3 Å². The van der Waals surface area contributed by atoms with Crippen LogP contribution in [0.2, 0.25) is 0 Å². The molecule has 2 aromatic rings. The molecule has 8 nitrogen and oxygen atoms in total. The summed E-state index contributed by atoms with van der Waals surface area (Å²) >= 11 is 1.32. The third kappa shape index (κ3) is 4.35. The molecule has 2 N–H and O–H groups in total. The van der Waals surface area contributed by atoms with Gasteiger partial charge in [-0.15, -0.1) is 16.4 Å². The smallest absolute Gasteiger partial charge is 0.303 e. The predicted octanol–water partition coefficient (Wildman–Crippen LogP) is 1.10. The molecule has 0 atom stereocenters. The SMILES string of the molecule is O=C(O)CCCCCNC(=O)c1sccc1-n1cnnn1. The number of aliphatic carboxylic acids is 1. The maximum atomic E-state index is 12.1. The lowest BCUT2D eigenvalue weighted by molar-refractivity contribution is -0.137. The van der Waals surface area contributed by atoms with Crippen LogP contribution in [-0.4, -0.2) is 43.7 Å². The number of tetrazole rings is 1. The first-order valence-electron chi connectivity index (χ1n) is 6.49. The lowest BCUT2D eigenvalue weighted by atomic mass is 10.2. The highest BCUT2D eigenvalue weighted by Gasteiger charge is 2.14. The number of hydrogen-bond donors (Lipinski definition) is 2. The largest absolute Gasteiger partial charge is 0.481 e. The molecule has 2 rings (SSSR count). The number of nitrogens with zero attached hydrogens (tertiary/aromatic N) is 4. The molecule has 0 bridgehead atoms. The monoisotopic (exact) mass is 309 g/mol. The second-order valence-corrected chi connectivity index (χ2v) is 5.27. The van der Waals surface area contributed by atoms with Gasteiger partial charge in [-0.05, 0) is 34.7 Å². The topological polar surface area (TPSA) is 110 Å². The number of amides is 1. The Morgan fingerprint density at radius 2 is 2.19 bits per heavy atom. The van der Waals surface area contributed by atoms with Crippen molar-refractivity contribution in [3.63, 3.8) is 0 Å². The molecule has 1 amide bonds. The third-order valence-electron chi connectivity index (χ3n) is 2.80. The molecule has 0 radical (unpaired) electrons. The molecule has 0 saturated heterocycles. The summed E-state index contributed by atoms with van der Waals surface area (Å²) < 4.78 is 1.44. The van der Waals surface area contributed by atoms with Crippen molar-refractivity contribution in [2.24, 2.45) is 0 Å². The van der Waals surface area contributed by atoms with Gasteiger partial charge in [0, 0.05) is 13.0 Å². The Morgan fingerprint density at radius 1 is 1.33 bits per heavy atom. The van der Waals surface area contributed by atoms with E-state index in [0.29, 0.717) is 23.5 Å². The van der Waals surface area contributed by atoms with Crippen LogP contribution in [0.4, 0.5) is 0 Å². The highest BCUT2D eigenvalue weighted by Crippen LogP contribution is 2.19. The minimum absolute atomic E-state index is 0.169. The first-order valence-corrected chi connectivity index (χ1v) is 7.37. The zero-order valence-corrected chi connectivity index (χ0v) is 12.0. The summed E-state index contributed by atoms with van der Waals surface area (Å²) in [4.78, 5) is 23.0. The fraction of sp³-hybridized carbons (Fsp3) is 0.417. The molecular formula is C12H15N5O3S.